The third-order valence-electron chi connectivity index (χ3n) is 2.34. The highest BCUT2D eigenvalue weighted by Gasteiger charge is 2.14. The highest BCUT2D eigenvalue weighted by Crippen LogP contribution is 2.07. The Bertz CT molecular complexity index is 598. The van der Waals surface area contributed by atoms with Gasteiger partial charge in [-0.3, -0.25) is 14.7 Å². The van der Waals surface area contributed by atoms with Gasteiger partial charge >= 0.3 is 0 Å². The molecule has 0 aliphatic rings. The van der Waals surface area contributed by atoms with Crippen molar-refractivity contribution in [3.8, 4) is 0 Å². The average molecular weight is 232 g/mol. The summed E-state index contributed by atoms with van der Waals surface area (Å²) in [5.41, 5.74) is 1.10. The normalized spacial score (nSPS) is 10.2. The van der Waals surface area contributed by atoms with Gasteiger partial charge in [0.1, 0.15) is 11.4 Å². The monoisotopic (exact) mass is 232 g/mol. The molecule has 0 saturated carbocycles. The number of rotatable bonds is 2. The summed E-state index contributed by atoms with van der Waals surface area (Å²) in [6.07, 6.45) is 1.52. The first-order valence-corrected chi connectivity index (χ1v) is 5.09. The summed E-state index contributed by atoms with van der Waals surface area (Å²) in [7, 11) is 0. The smallest absolute Gasteiger partial charge is 0.262 e. The van der Waals surface area contributed by atoms with E-state index in [-0.39, 0.29) is 11.1 Å². The van der Waals surface area contributed by atoms with Gasteiger partial charge in [0.15, 0.2) is 0 Å². The molecular formula is C11H12N4O2. The van der Waals surface area contributed by atoms with Gasteiger partial charge in [0.05, 0.1) is 6.20 Å². The van der Waals surface area contributed by atoms with Crippen LogP contribution in [-0.4, -0.2) is 21.1 Å². The predicted octanol–water partition coefficient (Wildman–Crippen LogP) is 0.967. The van der Waals surface area contributed by atoms with Crippen LogP contribution in [0.15, 0.2) is 23.1 Å². The lowest BCUT2D eigenvalue weighted by Gasteiger charge is -2.05. The standard InChI is InChI=1S/C11H12N4O2/c1-6-5-7(2)13-10(16)9(6)11(17)14-8-3-4-12-15-8/h3-5H,1-2H3,(H,13,16)(H2,12,14,15,17). The number of amides is 1. The summed E-state index contributed by atoms with van der Waals surface area (Å²) in [6.45, 7) is 3.50. The molecule has 0 bridgehead atoms. The van der Waals surface area contributed by atoms with E-state index in [2.05, 4.69) is 20.5 Å². The molecule has 0 aromatic carbocycles. The van der Waals surface area contributed by atoms with E-state index in [9.17, 15) is 9.59 Å². The first-order chi connectivity index (χ1) is 8.08. The van der Waals surface area contributed by atoms with Gasteiger partial charge in [-0.15, -0.1) is 0 Å². The third-order valence-corrected chi connectivity index (χ3v) is 2.34. The zero-order valence-electron chi connectivity index (χ0n) is 9.50. The minimum atomic E-state index is -0.451. The molecule has 1 amide bonds. The van der Waals surface area contributed by atoms with Gasteiger partial charge in [-0.2, -0.15) is 5.10 Å². The molecule has 2 rings (SSSR count). The SMILES string of the molecule is Cc1cc(C)c(C(=O)Nc2ccn[nH]2)c(=O)[nH]1. The van der Waals surface area contributed by atoms with Crippen LogP contribution in [-0.2, 0) is 0 Å². The Morgan fingerprint density at radius 3 is 2.76 bits per heavy atom. The van der Waals surface area contributed by atoms with Gasteiger partial charge in [-0.25, -0.2) is 0 Å². The Balaban J connectivity index is 2.35. The summed E-state index contributed by atoms with van der Waals surface area (Å²) in [4.78, 5) is 26.2. The summed E-state index contributed by atoms with van der Waals surface area (Å²) >= 11 is 0. The lowest BCUT2D eigenvalue weighted by Crippen LogP contribution is -2.25. The molecule has 6 nitrogen and oxygen atoms in total. The molecule has 88 valence electrons. The number of nitrogens with zero attached hydrogens (tertiary/aromatic N) is 1. The van der Waals surface area contributed by atoms with Crippen molar-refractivity contribution >= 4 is 11.7 Å². The van der Waals surface area contributed by atoms with E-state index >= 15 is 0 Å². The molecule has 0 radical (unpaired) electrons. The number of aryl methyl sites for hydroxylation is 2. The molecule has 0 aliphatic carbocycles. The Morgan fingerprint density at radius 1 is 1.41 bits per heavy atom. The average Bonchev–Trinajstić information content (AvgIpc) is 2.68. The van der Waals surface area contributed by atoms with E-state index in [0.29, 0.717) is 11.4 Å². The van der Waals surface area contributed by atoms with Crippen LogP contribution >= 0.6 is 0 Å². The quantitative estimate of drug-likeness (QED) is 0.720. The van der Waals surface area contributed by atoms with E-state index < -0.39 is 5.91 Å². The van der Waals surface area contributed by atoms with E-state index in [1.165, 1.54) is 6.20 Å². The van der Waals surface area contributed by atoms with Crippen molar-refractivity contribution in [2.24, 2.45) is 0 Å². The number of nitrogens with one attached hydrogen (secondary N) is 3. The predicted molar refractivity (Wildman–Crippen MR) is 63.1 cm³/mol. The van der Waals surface area contributed by atoms with Crippen LogP contribution in [0.4, 0.5) is 5.82 Å². The van der Waals surface area contributed by atoms with Gasteiger partial charge < -0.3 is 10.3 Å². The van der Waals surface area contributed by atoms with Crippen LogP contribution in [0, 0.1) is 13.8 Å². The molecule has 2 heterocycles. The van der Waals surface area contributed by atoms with Crippen LogP contribution in [0.25, 0.3) is 0 Å². The number of aromatic amines is 2. The molecule has 2 aromatic heterocycles. The van der Waals surface area contributed by atoms with Crippen molar-refractivity contribution in [1.29, 1.82) is 0 Å². The molecule has 0 unspecified atom stereocenters. The number of hydrogen-bond donors (Lipinski definition) is 3. The van der Waals surface area contributed by atoms with Crippen molar-refractivity contribution in [1.82, 2.24) is 15.2 Å². The van der Waals surface area contributed by atoms with Gasteiger partial charge in [0, 0.05) is 11.8 Å². The lowest BCUT2D eigenvalue weighted by molar-refractivity contribution is 0.102. The van der Waals surface area contributed by atoms with Gasteiger partial charge in [-0.1, -0.05) is 0 Å². The first-order valence-electron chi connectivity index (χ1n) is 5.09. The fourth-order valence-electron chi connectivity index (χ4n) is 1.65. The van der Waals surface area contributed by atoms with Crippen LogP contribution < -0.4 is 10.9 Å². The van der Waals surface area contributed by atoms with Crippen LogP contribution in [0.3, 0.4) is 0 Å². The highest BCUT2D eigenvalue weighted by atomic mass is 16.2. The second-order valence-electron chi connectivity index (χ2n) is 3.76. The zero-order valence-corrected chi connectivity index (χ0v) is 9.50. The maximum absolute atomic E-state index is 11.9. The summed E-state index contributed by atoms with van der Waals surface area (Å²) in [6, 6.07) is 3.36. The second-order valence-corrected chi connectivity index (χ2v) is 3.76. The number of hydrogen-bond acceptors (Lipinski definition) is 3. The molecule has 0 atom stereocenters. The summed E-state index contributed by atoms with van der Waals surface area (Å²) in [5.74, 6) is 0.00220. The molecule has 0 fully saturated rings. The maximum atomic E-state index is 11.9. The van der Waals surface area contributed by atoms with E-state index in [4.69, 9.17) is 0 Å². The molecule has 2 aromatic rings. The molecule has 0 aliphatic heterocycles. The zero-order chi connectivity index (χ0) is 12.4. The molecule has 0 spiro atoms. The van der Waals surface area contributed by atoms with Crippen molar-refractivity contribution in [3.63, 3.8) is 0 Å². The van der Waals surface area contributed by atoms with E-state index in [1.54, 1.807) is 26.0 Å². The number of carbonyl (C=O) groups is 1. The molecule has 6 heteroatoms. The number of aromatic nitrogens is 3. The maximum Gasteiger partial charge on any atom is 0.262 e. The number of pyridine rings is 1. The minimum absolute atomic E-state index is 0.116. The summed E-state index contributed by atoms with van der Waals surface area (Å²) < 4.78 is 0. The van der Waals surface area contributed by atoms with Gasteiger partial charge in [0.2, 0.25) is 0 Å². The fourth-order valence-corrected chi connectivity index (χ4v) is 1.65. The Labute approximate surface area is 97.1 Å². The summed E-state index contributed by atoms with van der Waals surface area (Å²) in [5, 5.41) is 8.86. The molecule has 3 N–H and O–H groups in total. The Hall–Kier alpha value is -2.37. The van der Waals surface area contributed by atoms with Crippen molar-refractivity contribution in [2.45, 2.75) is 13.8 Å². The van der Waals surface area contributed by atoms with Gasteiger partial charge in [0.25, 0.3) is 11.5 Å². The van der Waals surface area contributed by atoms with E-state index in [1.807, 2.05) is 0 Å². The fraction of sp³-hybridized carbons (Fsp3) is 0.182. The van der Waals surface area contributed by atoms with Crippen molar-refractivity contribution < 1.29 is 4.79 Å². The lowest BCUT2D eigenvalue weighted by atomic mass is 10.1. The first kappa shape index (κ1) is 11.1. The Morgan fingerprint density at radius 2 is 2.18 bits per heavy atom. The van der Waals surface area contributed by atoms with Crippen LogP contribution in [0.5, 0.6) is 0 Å². The third kappa shape index (κ3) is 2.25. The van der Waals surface area contributed by atoms with Crippen molar-refractivity contribution in [2.75, 3.05) is 5.32 Å². The highest BCUT2D eigenvalue weighted by molar-refractivity contribution is 6.04. The number of carbonyl (C=O) groups excluding carboxylic acids is 1. The van der Waals surface area contributed by atoms with Crippen LogP contribution in [0.1, 0.15) is 21.6 Å². The van der Waals surface area contributed by atoms with Crippen LogP contribution in [0.2, 0.25) is 0 Å². The van der Waals surface area contributed by atoms with Crippen molar-refractivity contribution in [3.05, 3.63) is 45.5 Å². The topological polar surface area (TPSA) is 90.6 Å². The van der Waals surface area contributed by atoms with E-state index in [0.717, 1.165) is 5.69 Å². The second kappa shape index (κ2) is 4.25. The molecule has 17 heavy (non-hydrogen) atoms. The van der Waals surface area contributed by atoms with Gasteiger partial charge in [-0.05, 0) is 25.5 Å². The number of anilines is 1. The largest absolute Gasteiger partial charge is 0.326 e. The minimum Gasteiger partial charge on any atom is -0.326 e. The number of H-pyrrole nitrogens is 2. The molecular weight excluding hydrogens is 220 g/mol. The Kier molecular flexibility index (Phi) is 2.78. The molecule has 0 saturated heterocycles.